The van der Waals surface area contributed by atoms with Gasteiger partial charge in [0.05, 0.1) is 0 Å². The average molecular weight is 260 g/mol. The SMILES string of the molecule is CCNc1ccc(C(=O)N(CC2CC2)C(C)C)cc1. The molecule has 3 heteroatoms. The first kappa shape index (κ1) is 13.9. The summed E-state index contributed by atoms with van der Waals surface area (Å²) in [4.78, 5) is 14.5. The second-order valence-electron chi connectivity index (χ2n) is 5.60. The molecule has 1 amide bonds. The molecule has 1 saturated carbocycles. The molecule has 2 rings (SSSR count). The summed E-state index contributed by atoms with van der Waals surface area (Å²) >= 11 is 0. The number of carbonyl (C=O) groups excluding carboxylic acids is 1. The Balaban J connectivity index is 2.06. The Morgan fingerprint density at radius 3 is 2.42 bits per heavy atom. The van der Waals surface area contributed by atoms with E-state index in [0.717, 1.165) is 30.3 Å². The molecule has 1 aliphatic rings. The van der Waals surface area contributed by atoms with Gasteiger partial charge < -0.3 is 10.2 Å². The molecule has 1 aromatic rings. The summed E-state index contributed by atoms with van der Waals surface area (Å²) in [6, 6.07) is 8.06. The van der Waals surface area contributed by atoms with Crippen molar-refractivity contribution >= 4 is 11.6 Å². The fourth-order valence-electron chi connectivity index (χ4n) is 2.21. The van der Waals surface area contributed by atoms with Crippen molar-refractivity contribution in [3.8, 4) is 0 Å². The Labute approximate surface area is 116 Å². The van der Waals surface area contributed by atoms with E-state index >= 15 is 0 Å². The van der Waals surface area contributed by atoms with Crippen molar-refractivity contribution in [2.24, 2.45) is 5.92 Å². The number of nitrogens with one attached hydrogen (secondary N) is 1. The fourth-order valence-corrected chi connectivity index (χ4v) is 2.21. The largest absolute Gasteiger partial charge is 0.385 e. The van der Waals surface area contributed by atoms with E-state index in [1.54, 1.807) is 0 Å². The first-order valence-electron chi connectivity index (χ1n) is 7.26. The number of nitrogens with zero attached hydrogens (tertiary/aromatic N) is 1. The third-order valence-electron chi connectivity index (χ3n) is 3.55. The van der Waals surface area contributed by atoms with Gasteiger partial charge in [-0.05, 0) is 63.8 Å². The highest BCUT2D eigenvalue weighted by Gasteiger charge is 2.28. The number of hydrogen-bond donors (Lipinski definition) is 1. The van der Waals surface area contributed by atoms with E-state index in [4.69, 9.17) is 0 Å². The maximum absolute atomic E-state index is 12.5. The predicted molar refractivity (Wildman–Crippen MR) is 79.5 cm³/mol. The quantitative estimate of drug-likeness (QED) is 0.850. The van der Waals surface area contributed by atoms with Crippen LogP contribution in [0.3, 0.4) is 0 Å². The monoisotopic (exact) mass is 260 g/mol. The third kappa shape index (κ3) is 3.72. The van der Waals surface area contributed by atoms with Gasteiger partial charge in [-0.3, -0.25) is 4.79 Å². The van der Waals surface area contributed by atoms with Gasteiger partial charge in [0, 0.05) is 30.4 Å². The van der Waals surface area contributed by atoms with Crippen molar-refractivity contribution in [1.29, 1.82) is 0 Å². The summed E-state index contributed by atoms with van der Waals surface area (Å²) in [6.45, 7) is 8.05. The maximum Gasteiger partial charge on any atom is 0.254 e. The first-order chi connectivity index (χ1) is 9.11. The molecule has 104 valence electrons. The van der Waals surface area contributed by atoms with E-state index in [1.165, 1.54) is 12.8 Å². The van der Waals surface area contributed by atoms with Crippen LogP contribution in [0, 0.1) is 5.92 Å². The lowest BCUT2D eigenvalue weighted by Crippen LogP contribution is -2.38. The second kappa shape index (κ2) is 6.09. The summed E-state index contributed by atoms with van der Waals surface area (Å²) in [7, 11) is 0. The van der Waals surface area contributed by atoms with E-state index in [2.05, 4.69) is 26.1 Å². The lowest BCUT2D eigenvalue weighted by Gasteiger charge is -2.27. The Morgan fingerprint density at radius 1 is 1.32 bits per heavy atom. The zero-order valence-electron chi connectivity index (χ0n) is 12.1. The summed E-state index contributed by atoms with van der Waals surface area (Å²) in [5.41, 5.74) is 1.85. The van der Waals surface area contributed by atoms with Crippen LogP contribution in [0.25, 0.3) is 0 Å². The zero-order valence-corrected chi connectivity index (χ0v) is 12.1. The van der Waals surface area contributed by atoms with Crippen LogP contribution < -0.4 is 5.32 Å². The molecule has 0 atom stereocenters. The Bertz CT molecular complexity index is 421. The minimum Gasteiger partial charge on any atom is -0.385 e. The van der Waals surface area contributed by atoms with Crippen LogP contribution in [-0.2, 0) is 0 Å². The molecule has 0 aliphatic heterocycles. The maximum atomic E-state index is 12.5. The molecule has 0 heterocycles. The van der Waals surface area contributed by atoms with Crippen LogP contribution in [0.5, 0.6) is 0 Å². The van der Waals surface area contributed by atoms with Crippen molar-refractivity contribution in [3.63, 3.8) is 0 Å². The van der Waals surface area contributed by atoms with Gasteiger partial charge in [0.15, 0.2) is 0 Å². The molecule has 0 saturated heterocycles. The molecule has 1 aliphatic carbocycles. The summed E-state index contributed by atoms with van der Waals surface area (Å²) in [5.74, 6) is 0.886. The molecule has 0 aromatic heterocycles. The van der Waals surface area contributed by atoms with E-state index in [1.807, 2.05) is 29.2 Å². The Hall–Kier alpha value is -1.51. The highest BCUT2D eigenvalue weighted by atomic mass is 16.2. The topological polar surface area (TPSA) is 32.3 Å². The van der Waals surface area contributed by atoms with Crippen molar-refractivity contribution < 1.29 is 4.79 Å². The van der Waals surface area contributed by atoms with Crippen LogP contribution in [-0.4, -0.2) is 29.9 Å². The normalized spacial score (nSPS) is 14.5. The number of amides is 1. The van der Waals surface area contributed by atoms with E-state index < -0.39 is 0 Å². The molecule has 0 spiro atoms. The molecule has 0 bridgehead atoms. The molecule has 19 heavy (non-hydrogen) atoms. The van der Waals surface area contributed by atoms with E-state index in [9.17, 15) is 4.79 Å². The highest BCUT2D eigenvalue weighted by molar-refractivity contribution is 5.94. The van der Waals surface area contributed by atoms with Gasteiger partial charge in [-0.2, -0.15) is 0 Å². The van der Waals surface area contributed by atoms with Gasteiger partial charge in [0.2, 0.25) is 0 Å². The minimum atomic E-state index is 0.157. The number of anilines is 1. The fraction of sp³-hybridized carbons (Fsp3) is 0.562. The van der Waals surface area contributed by atoms with Crippen molar-refractivity contribution in [3.05, 3.63) is 29.8 Å². The summed E-state index contributed by atoms with van der Waals surface area (Å²) in [6.07, 6.45) is 2.55. The van der Waals surface area contributed by atoms with Crippen LogP contribution in [0.1, 0.15) is 44.0 Å². The molecular weight excluding hydrogens is 236 g/mol. The summed E-state index contributed by atoms with van der Waals surface area (Å²) in [5, 5.41) is 3.24. The standard InChI is InChI=1S/C16H24N2O/c1-4-17-15-9-7-14(8-10-15)16(19)18(12(2)3)11-13-5-6-13/h7-10,12-13,17H,4-6,11H2,1-3H3. The first-order valence-corrected chi connectivity index (χ1v) is 7.26. The van der Waals surface area contributed by atoms with Gasteiger partial charge in [-0.15, -0.1) is 0 Å². The zero-order chi connectivity index (χ0) is 13.8. The van der Waals surface area contributed by atoms with Crippen LogP contribution in [0.15, 0.2) is 24.3 Å². The molecule has 3 nitrogen and oxygen atoms in total. The average Bonchev–Trinajstić information content (AvgIpc) is 3.20. The summed E-state index contributed by atoms with van der Waals surface area (Å²) < 4.78 is 0. The highest BCUT2D eigenvalue weighted by Crippen LogP contribution is 2.30. The van der Waals surface area contributed by atoms with Crippen LogP contribution in [0.2, 0.25) is 0 Å². The molecule has 1 fully saturated rings. The van der Waals surface area contributed by atoms with E-state index in [0.29, 0.717) is 0 Å². The van der Waals surface area contributed by atoms with Gasteiger partial charge in [0.1, 0.15) is 0 Å². The van der Waals surface area contributed by atoms with Crippen LogP contribution >= 0.6 is 0 Å². The Morgan fingerprint density at radius 2 is 1.95 bits per heavy atom. The molecule has 1 N–H and O–H groups in total. The number of rotatable bonds is 6. The van der Waals surface area contributed by atoms with Crippen LogP contribution in [0.4, 0.5) is 5.69 Å². The number of benzene rings is 1. The lowest BCUT2D eigenvalue weighted by atomic mass is 10.1. The van der Waals surface area contributed by atoms with Crippen molar-refractivity contribution in [2.75, 3.05) is 18.4 Å². The third-order valence-corrected chi connectivity index (χ3v) is 3.55. The molecule has 1 aromatic carbocycles. The molecular formula is C16H24N2O. The number of hydrogen-bond acceptors (Lipinski definition) is 2. The predicted octanol–water partition coefficient (Wildman–Crippen LogP) is 3.38. The van der Waals surface area contributed by atoms with Gasteiger partial charge in [0.25, 0.3) is 5.91 Å². The van der Waals surface area contributed by atoms with Crippen molar-refractivity contribution in [2.45, 2.75) is 39.7 Å². The van der Waals surface area contributed by atoms with Gasteiger partial charge in [-0.1, -0.05) is 0 Å². The number of carbonyl (C=O) groups is 1. The minimum absolute atomic E-state index is 0.157. The Kier molecular flexibility index (Phi) is 4.46. The second-order valence-corrected chi connectivity index (χ2v) is 5.60. The van der Waals surface area contributed by atoms with E-state index in [-0.39, 0.29) is 11.9 Å². The van der Waals surface area contributed by atoms with Gasteiger partial charge in [-0.25, -0.2) is 0 Å². The molecule has 0 unspecified atom stereocenters. The van der Waals surface area contributed by atoms with Gasteiger partial charge >= 0.3 is 0 Å². The smallest absolute Gasteiger partial charge is 0.254 e. The molecule has 0 radical (unpaired) electrons. The van der Waals surface area contributed by atoms with Crippen molar-refractivity contribution in [1.82, 2.24) is 4.90 Å². The lowest BCUT2D eigenvalue weighted by molar-refractivity contribution is 0.0696.